The van der Waals surface area contributed by atoms with Crippen molar-refractivity contribution in [1.82, 2.24) is 35.8 Å². The third-order valence-corrected chi connectivity index (χ3v) is 13.0. The van der Waals surface area contributed by atoms with Crippen LogP contribution in [0.25, 0.3) is 0 Å². The number of hydrogen-bond acceptors (Lipinski definition) is 13. The second kappa shape index (κ2) is 24.1. The van der Waals surface area contributed by atoms with E-state index < -0.39 is 94.7 Å². The maximum Gasteiger partial charge on any atom is 0.418 e. The zero-order valence-electron chi connectivity index (χ0n) is 41.0. The van der Waals surface area contributed by atoms with Crippen LogP contribution in [-0.2, 0) is 41.6 Å². The topological polar surface area (TPSA) is 265 Å². The van der Waals surface area contributed by atoms with Crippen LogP contribution < -0.4 is 27.4 Å². The molecule has 3 aromatic rings. The third kappa shape index (κ3) is 14.1. The maximum absolute atomic E-state index is 16.1. The van der Waals surface area contributed by atoms with E-state index in [1.54, 1.807) is 53.7 Å². The molecule has 0 bridgehead atoms. The first-order valence-electron chi connectivity index (χ1n) is 23.6. The van der Waals surface area contributed by atoms with E-state index in [-0.39, 0.29) is 42.7 Å². The summed E-state index contributed by atoms with van der Waals surface area (Å²) in [6, 6.07) is 6.74. The van der Waals surface area contributed by atoms with Crippen LogP contribution in [0.5, 0.6) is 0 Å². The number of carbonyl (C=O) groups excluding carboxylic acids is 6. The third-order valence-electron chi connectivity index (χ3n) is 13.0. The smallest absolute Gasteiger partial charge is 0.418 e. The SMILES string of the molecule is CC[C@H](C)[C@H](N)C(=O)C(c1ccccn1)N(C(=O)OC(C)(C)C)C(=O)[C@@](C)(C(C)C)C(C(=O)[C@H](Cc1cnc[nH]1)NC(=O)[C@H](Cc1ccccc1)NC(=O)[C@@H]1CCCN1)[C@H](O)[C@@H](N)CC(C)C. The molecule has 1 aliphatic rings. The van der Waals surface area contributed by atoms with Crippen molar-refractivity contribution in [2.75, 3.05) is 6.54 Å². The Bertz CT molecular complexity index is 2090. The van der Waals surface area contributed by atoms with Crippen molar-refractivity contribution in [3.8, 4) is 0 Å². The van der Waals surface area contributed by atoms with Crippen molar-refractivity contribution in [2.24, 2.45) is 40.6 Å². The van der Waals surface area contributed by atoms with Gasteiger partial charge in [0.1, 0.15) is 17.7 Å². The molecule has 17 nitrogen and oxygen atoms in total. The van der Waals surface area contributed by atoms with E-state index in [0.29, 0.717) is 30.0 Å². The number of imide groups is 1. The van der Waals surface area contributed by atoms with Gasteiger partial charge in [-0.3, -0.25) is 29.0 Å². The van der Waals surface area contributed by atoms with E-state index in [4.69, 9.17) is 16.2 Å². The van der Waals surface area contributed by atoms with Gasteiger partial charge < -0.3 is 42.2 Å². The normalized spacial score (nSPS) is 18.6. The molecule has 1 aromatic carbocycles. The number of ether oxygens (including phenoxy) is 1. The van der Waals surface area contributed by atoms with Gasteiger partial charge in [0.05, 0.1) is 47.6 Å². The van der Waals surface area contributed by atoms with Crippen molar-refractivity contribution >= 4 is 35.4 Å². The van der Waals surface area contributed by atoms with Gasteiger partial charge in [-0.25, -0.2) is 14.7 Å². The first-order valence-corrected chi connectivity index (χ1v) is 23.6. The summed E-state index contributed by atoms with van der Waals surface area (Å²) in [5.74, 6) is -6.61. The van der Waals surface area contributed by atoms with Gasteiger partial charge in [0.25, 0.3) is 0 Å². The van der Waals surface area contributed by atoms with Crippen molar-refractivity contribution < 1.29 is 38.6 Å². The molecular weight excluding hydrogens is 855 g/mol. The summed E-state index contributed by atoms with van der Waals surface area (Å²) >= 11 is 0. The van der Waals surface area contributed by atoms with Gasteiger partial charge in [-0.2, -0.15) is 0 Å². The molecule has 17 heteroatoms. The Hall–Kier alpha value is -5.36. The number of imidazole rings is 1. The first-order chi connectivity index (χ1) is 31.5. The molecule has 1 aliphatic heterocycles. The minimum atomic E-state index is -2.06. The molecule has 368 valence electrons. The number of Topliss-reactive ketones (excluding diaryl/α,β-unsaturated/α-hetero) is 2. The molecule has 0 aliphatic carbocycles. The highest BCUT2D eigenvalue weighted by Gasteiger charge is 2.58. The standard InChI is InChI=1S/C50H75N9O8/c1-11-31(6)40(52)44(62)41(35-20-15-16-22-54-35)59(48(66)67-49(7,8)9)47(65)50(10,30(4)5)39(42(60)34(51)24-29(2)3)43(61)37(26-33-27-53-28-56-33)57-46(64)38(25-32-18-13-12-14-19-32)58-45(63)36-21-17-23-55-36/h12-16,18-20,22,27-31,34,36-42,55,60H,11,17,21,23-26,51-52H2,1-10H3,(H,53,56)(H,57,64)(H,58,63)/t31-,34-,36-,37-,38-,39?,40-,41?,42+,50-/m0/s1. The molecule has 0 radical (unpaired) electrons. The summed E-state index contributed by atoms with van der Waals surface area (Å²) in [7, 11) is 0. The van der Waals surface area contributed by atoms with E-state index in [1.807, 2.05) is 51.1 Å². The highest BCUT2D eigenvalue weighted by atomic mass is 16.6. The number of aliphatic hydroxyl groups is 1. The molecule has 4 rings (SSSR count). The molecule has 9 N–H and O–H groups in total. The number of nitrogens with zero attached hydrogens (tertiary/aromatic N) is 3. The molecule has 2 unspecified atom stereocenters. The number of nitrogens with one attached hydrogen (secondary N) is 4. The molecule has 1 saturated heterocycles. The fourth-order valence-corrected chi connectivity index (χ4v) is 8.59. The van der Waals surface area contributed by atoms with Crippen LogP contribution in [-0.4, -0.2) is 109 Å². The van der Waals surface area contributed by atoms with Crippen LogP contribution in [0.1, 0.15) is 118 Å². The number of aromatic nitrogens is 3. The molecule has 0 spiro atoms. The lowest BCUT2D eigenvalue weighted by atomic mass is 9.61. The van der Waals surface area contributed by atoms with Crippen LogP contribution >= 0.6 is 0 Å². The van der Waals surface area contributed by atoms with Gasteiger partial charge in [-0.05, 0) is 89.0 Å². The zero-order chi connectivity index (χ0) is 49.8. The van der Waals surface area contributed by atoms with E-state index in [2.05, 4.69) is 30.9 Å². The average Bonchev–Trinajstić information content (AvgIpc) is 4.02. The first kappa shape index (κ1) is 54.2. The van der Waals surface area contributed by atoms with Crippen LogP contribution in [0.3, 0.4) is 0 Å². The number of amides is 4. The lowest BCUT2D eigenvalue weighted by Crippen LogP contribution is -2.64. The number of rotatable bonds is 23. The summed E-state index contributed by atoms with van der Waals surface area (Å²) in [6.07, 6.45) is 3.37. The number of ketones is 2. The Morgan fingerprint density at radius 3 is 2.12 bits per heavy atom. The van der Waals surface area contributed by atoms with Gasteiger partial charge in [0.15, 0.2) is 11.6 Å². The number of pyridine rings is 1. The Morgan fingerprint density at radius 2 is 1.58 bits per heavy atom. The lowest BCUT2D eigenvalue weighted by Gasteiger charge is -2.46. The van der Waals surface area contributed by atoms with Gasteiger partial charge >= 0.3 is 6.09 Å². The predicted molar refractivity (Wildman–Crippen MR) is 255 cm³/mol. The van der Waals surface area contributed by atoms with E-state index in [0.717, 1.165) is 12.0 Å². The minimum Gasteiger partial charge on any atom is -0.443 e. The number of carbonyl (C=O) groups is 6. The Labute approximate surface area is 395 Å². The second-order valence-corrected chi connectivity index (χ2v) is 20.0. The van der Waals surface area contributed by atoms with Gasteiger partial charge in [0.2, 0.25) is 17.7 Å². The Balaban J connectivity index is 1.96. The number of H-pyrrole nitrogens is 1. The fraction of sp³-hybridized carbons (Fsp3) is 0.600. The fourth-order valence-electron chi connectivity index (χ4n) is 8.59. The number of aromatic amines is 1. The molecule has 4 amide bonds. The molecule has 0 saturated carbocycles. The summed E-state index contributed by atoms with van der Waals surface area (Å²) in [6.45, 7) is 17.7. The molecule has 1 fully saturated rings. The highest BCUT2D eigenvalue weighted by molar-refractivity contribution is 6.05. The van der Waals surface area contributed by atoms with Crippen molar-refractivity contribution in [3.05, 3.63) is 84.2 Å². The lowest BCUT2D eigenvalue weighted by molar-refractivity contribution is -0.162. The van der Waals surface area contributed by atoms with Crippen molar-refractivity contribution in [3.63, 3.8) is 0 Å². The number of benzene rings is 1. The Morgan fingerprint density at radius 1 is 0.910 bits per heavy atom. The van der Waals surface area contributed by atoms with Gasteiger partial charge in [-0.15, -0.1) is 0 Å². The van der Waals surface area contributed by atoms with Crippen molar-refractivity contribution in [2.45, 2.75) is 156 Å². The average molecular weight is 930 g/mol. The monoisotopic (exact) mass is 930 g/mol. The minimum absolute atomic E-state index is 0.0280. The molecule has 67 heavy (non-hydrogen) atoms. The largest absolute Gasteiger partial charge is 0.443 e. The molecule has 10 atom stereocenters. The summed E-state index contributed by atoms with van der Waals surface area (Å²) in [5.41, 5.74) is 11.4. The number of hydrogen-bond donors (Lipinski definition) is 7. The summed E-state index contributed by atoms with van der Waals surface area (Å²) in [4.78, 5) is 102. The maximum atomic E-state index is 16.1. The van der Waals surface area contributed by atoms with E-state index in [1.165, 1.54) is 31.7 Å². The zero-order valence-corrected chi connectivity index (χ0v) is 41.0. The summed E-state index contributed by atoms with van der Waals surface area (Å²) < 4.78 is 5.90. The summed E-state index contributed by atoms with van der Waals surface area (Å²) in [5, 5.41) is 21.6. The van der Waals surface area contributed by atoms with Gasteiger partial charge in [-0.1, -0.05) is 84.4 Å². The van der Waals surface area contributed by atoms with E-state index >= 15 is 9.59 Å². The predicted octanol–water partition coefficient (Wildman–Crippen LogP) is 4.34. The van der Waals surface area contributed by atoms with Crippen LogP contribution in [0, 0.1) is 29.1 Å². The van der Waals surface area contributed by atoms with Crippen molar-refractivity contribution in [1.29, 1.82) is 0 Å². The molecule has 2 aromatic heterocycles. The Kier molecular flexibility index (Phi) is 19.5. The molecular formula is C50H75N9O8. The van der Waals surface area contributed by atoms with Crippen LogP contribution in [0.15, 0.2) is 67.3 Å². The second-order valence-electron chi connectivity index (χ2n) is 20.0. The number of nitrogens with two attached hydrogens (primary N) is 2. The van der Waals surface area contributed by atoms with Crippen LogP contribution in [0.2, 0.25) is 0 Å². The molecule has 3 heterocycles. The van der Waals surface area contributed by atoms with Crippen LogP contribution in [0.4, 0.5) is 4.79 Å². The highest BCUT2D eigenvalue weighted by Crippen LogP contribution is 2.44. The van der Waals surface area contributed by atoms with Gasteiger partial charge in [0, 0.05) is 37.0 Å². The number of aliphatic hydroxyl groups excluding tert-OH is 1. The quantitative estimate of drug-likeness (QED) is 0.0699. The van der Waals surface area contributed by atoms with E-state index in [9.17, 15) is 24.3 Å².